The molecule has 0 aliphatic heterocycles. The number of nitrogens with zero attached hydrogens (tertiary/aromatic N) is 1. The summed E-state index contributed by atoms with van der Waals surface area (Å²) in [4.78, 5) is 10.1. The molecule has 0 spiro atoms. The van der Waals surface area contributed by atoms with E-state index in [0.29, 0.717) is 5.76 Å². The highest BCUT2D eigenvalue weighted by Gasteiger charge is 2.27. The standard InChI is InChI=1S/C22H15NO6S/c24-23(25)22-14-13-20(29-22)21(30(26,27)18-9-5-2-6-10-18)15-17-11-12-19(28-17)16-7-3-1-4-8-16/h1-15H/b21-15-. The SMILES string of the molecule is O=[N+]([O-])c1ccc(/C(=C/c2ccc(-c3ccccc3)o2)S(=O)(=O)c2ccccc2)o1. The van der Waals surface area contributed by atoms with Crippen molar-refractivity contribution in [3.8, 4) is 11.3 Å². The molecule has 0 bridgehead atoms. The fraction of sp³-hybridized carbons (Fsp3) is 0. The molecule has 150 valence electrons. The Morgan fingerprint density at radius 1 is 0.833 bits per heavy atom. The Hall–Kier alpha value is -3.91. The first-order valence-corrected chi connectivity index (χ1v) is 10.4. The number of hydrogen-bond acceptors (Lipinski definition) is 6. The zero-order valence-corrected chi connectivity index (χ0v) is 16.3. The van der Waals surface area contributed by atoms with Crippen LogP contribution in [0.1, 0.15) is 11.5 Å². The third kappa shape index (κ3) is 3.81. The largest absolute Gasteiger partial charge is 0.457 e. The minimum atomic E-state index is -4.04. The minimum absolute atomic E-state index is 0.0325. The maximum Gasteiger partial charge on any atom is 0.433 e. The molecule has 0 aliphatic rings. The third-order valence-corrected chi connectivity index (χ3v) is 6.11. The average Bonchev–Trinajstić information content (AvgIpc) is 3.43. The van der Waals surface area contributed by atoms with Crippen LogP contribution in [0.15, 0.2) is 98.7 Å². The van der Waals surface area contributed by atoms with E-state index in [2.05, 4.69) is 0 Å². The molecule has 2 heterocycles. The molecule has 30 heavy (non-hydrogen) atoms. The normalized spacial score (nSPS) is 12.1. The molecule has 8 heteroatoms. The zero-order chi connectivity index (χ0) is 21.1. The molecule has 4 rings (SSSR count). The highest BCUT2D eigenvalue weighted by molar-refractivity contribution is 8.00. The van der Waals surface area contributed by atoms with E-state index in [1.165, 1.54) is 24.3 Å². The molecule has 0 saturated heterocycles. The van der Waals surface area contributed by atoms with Crippen LogP contribution >= 0.6 is 0 Å². The van der Waals surface area contributed by atoms with Gasteiger partial charge in [-0.05, 0) is 30.3 Å². The quantitative estimate of drug-likeness (QED) is 0.304. The number of hydrogen-bond donors (Lipinski definition) is 0. The number of furan rings is 2. The Morgan fingerprint density at radius 2 is 1.50 bits per heavy atom. The van der Waals surface area contributed by atoms with Gasteiger partial charge in [-0.15, -0.1) is 0 Å². The lowest BCUT2D eigenvalue weighted by molar-refractivity contribution is -0.402. The van der Waals surface area contributed by atoms with E-state index in [9.17, 15) is 18.5 Å². The lowest BCUT2D eigenvalue weighted by Gasteiger charge is -2.06. The van der Waals surface area contributed by atoms with E-state index in [0.717, 1.165) is 11.6 Å². The van der Waals surface area contributed by atoms with E-state index in [-0.39, 0.29) is 21.3 Å². The highest BCUT2D eigenvalue weighted by atomic mass is 32.2. The van der Waals surface area contributed by atoms with Crippen LogP contribution in [-0.2, 0) is 9.84 Å². The van der Waals surface area contributed by atoms with Gasteiger partial charge in [-0.25, -0.2) is 8.42 Å². The molecule has 0 unspecified atom stereocenters. The predicted molar refractivity (Wildman–Crippen MR) is 111 cm³/mol. The summed E-state index contributed by atoms with van der Waals surface area (Å²) in [6.45, 7) is 0. The molecular formula is C22H15NO6S. The summed E-state index contributed by atoms with van der Waals surface area (Å²) < 4.78 is 37.5. The lowest BCUT2D eigenvalue weighted by Crippen LogP contribution is -2.03. The van der Waals surface area contributed by atoms with Gasteiger partial charge >= 0.3 is 5.88 Å². The molecule has 0 N–H and O–H groups in total. The van der Waals surface area contributed by atoms with Crippen LogP contribution in [-0.4, -0.2) is 13.3 Å². The monoisotopic (exact) mass is 421 g/mol. The van der Waals surface area contributed by atoms with Crippen LogP contribution in [0.2, 0.25) is 0 Å². The lowest BCUT2D eigenvalue weighted by atomic mass is 10.2. The molecule has 0 atom stereocenters. The molecule has 0 radical (unpaired) electrons. The molecule has 4 aromatic rings. The second-order valence-electron chi connectivity index (χ2n) is 6.29. The first kappa shape index (κ1) is 19.4. The molecular weight excluding hydrogens is 406 g/mol. The third-order valence-electron chi connectivity index (χ3n) is 4.32. The van der Waals surface area contributed by atoms with Crippen LogP contribution < -0.4 is 0 Å². The number of benzene rings is 2. The fourth-order valence-corrected chi connectivity index (χ4v) is 4.30. The second kappa shape index (κ2) is 7.84. The molecule has 2 aromatic heterocycles. The summed E-state index contributed by atoms with van der Waals surface area (Å²) in [5.74, 6) is 0.123. The maximum atomic E-state index is 13.3. The van der Waals surface area contributed by atoms with Gasteiger partial charge in [0.05, 0.1) is 11.0 Å². The summed E-state index contributed by atoms with van der Waals surface area (Å²) in [5.41, 5.74) is 0.832. The summed E-state index contributed by atoms with van der Waals surface area (Å²) in [5, 5.41) is 11.0. The Kier molecular flexibility index (Phi) is 5.07. The number of rotatable bonds is 6. The van der Waals surface area contributed by atoms with Crippen molar-refractivity contribution in [2.75, 3.05) is 0 Å². The Bertz CT molecular complexity index is 1320. The molecule has 0 aliphatic carbocycles. The van der Waals surface area contributed by atoms with Crippen molar-refractivity contribution in [1.29, 1.82) is 0 Å². The van der Waals surface area contributed by atoms with Crippen molar-refractivity contribution in [2.24, 2.45) is 0 Å². The number of sulfone groups is 1. The summed E-state index contributed by atoms with van der Waals surface area (Å²) in [7, 11) is -4.04. The molecule has 0 saturated carbocycles. The predicted octanol–water partition coefficient (Wildman–Crippen LogP) is 5.42. The van der Waals surface area contributed by atoms with Crippen molar-refractivity contribution < 1.29 is 22.2 Å². The van der Waals surface area contributed by atoms with Crippen molar-refractivity contribution in [2.45, 2.75) is 4.90 Å². The van der Waals surface area contributed by atoms with E-state index in [4.69, 9.17) is 8.83 Å². The molecule has 7 nitrogen and oxygen atoms in total. The van der Waals surface area contributed by atoms with Crippen molar-refractivity contribution in [3.05, 3.63) is 107 Å². The topological polar surface area (TPSA) is 104 Å². The molecule has 2 aromatic carbocycles. The summed E-state index contributed by atoms with van der Waals surface area (Å²) in [6.07, 6.45) is 1.30. The maximum absolute atomic E-state index is 13.3. The Labute approximate surface area is 172 Å². The number of nitro groups is 1. The van der Waals surface area contributed by atoms with E-state index < -0.39 is 20.6 Å². The summed E-state index contributed by atoms with van der Waals surface area (Å²) in [6, 6.07) is 22.8. The van der Waals surface area contributed by atoms with Gasteiger partial charge in [0.25, 0.3) is 0 Å². The Balaban J connectivity index is 1.83. The highest BCUT2D eigenvalue weighted by Crippen LogP contribution is 2.34. The first-order chi connectivity index (χ1) is 14.4. The summed E-state index contributed by atoms with van der Waals surface area (Å²) >= 11 is 0. The van der Waals surface area contributed by atoms with Gasteiger partial charge in [-0.1, -0.05) is 48.5 Å². The van der Waals surface area contributed by atoms with E-state index in [1.54, 1.807) is 30.3 Å². The van der Waals surface area contributed by atoms with Crippen LogP contribution in [0.4, 0.5) is 5.88 Å². The molecule has 0 amide bonds. The average molecular weight is 421 g/mol. The van der Waals surface area contributed by atoms with Gasteiger partial charge in [0.2, 0.25) is 9.84 Å². The van der Waals surface area contributed by atoms with Gasteiger partial charge in [-0.2, -0.15) is 0 Å². The van der Waals surface area contributed by atoms with Crippen LogP contribution in [0.5, 0.6) is 0 Å². The van der Waals surface area contributed by atoms with Crippen molar-refractivity contribution >= 4 is 26.7 Å². The van der Waals surface area contributed by atoms with E-state index in [1.807, 2.05) is 30.3 Å². The van der Waals surface area contributed by atoms with Crippen LogP contribution in [0, 0.1) is 10.1 Å². The van der Waals surface area contributed by atoms with Gasteiger partial charge in [0, 0.05) is 11.6 Å². The van der Waals surface area contributed by atoms with Gasteiger partial charge in [0.1, 0.15) is 21.3 Å². The minimum Gasteiger partial charge on any atom is -0.457 e. The fourth-order valence-electron chi connectivity index (χ4n) is 2.88. The van der Waals surface area contributed by atoms with Crippen LogP contribution in [0.3, 0.4) is 0 Å². The van der Waals surface area contributed by atoms with Crippen molar-refractivity contribution in [1.82, 2.24) is 0 Å². The smallest absolute Gasteiger partial charge is 0.433 e. The van der Waals surface area contributed by atoms with Gasteiger partial charge < -0.3 is 8.83 Å². The first-order valence-electron chi connectivity index (χ1n) is 8.87. The Morgan fingerprint density at radius 3 is 2.13 bits per heavy atom. The van der Waals surface area contributed by atoms with Crippen molar-refractivity contribution in [3.63, 3.8) is 0 Å². The van der Waals surface area contributed by atoms with E-state index >= 15 is 0 Å². The second-order valence-corrected chi connectivity index (χ2v) is 8.21. The van der Waals surface area contributed by atoms with Gasteiger partial charge in [0.15, 0.2) is 5.76 Å². The zero-order valence-electron chi connectivity index (χ0n) is 15.5. The van der Waals surface area contributed by atoms with Crippen LogP contribution in [0.25, 0.3) is 22.3 Å². The van der Waals surface area contributed by atoms with Gasteiger partial charge in [-0.3, -0.25) is 10.1 Å². The molecule has 0 fully saturated rings.